The van der Waals surface area contributed by atoms with E-state index in [1.807, 2.05) is 66.7 Å². The van der Waals surface area contributed by atoms with E-state index in [9.17, 15) is 14.7 Å². The number of piperidine rings is 1. The van der Waals surface area contributed by atoms with E-state index in [1.165, 1.54) is 0 Å². The van der Waals surface area contributed by atoms with Gasteiger partial charge in [0.1, 0.15) is 19.0 Å². The molecule has 0 bridgehead atoms. The van der Waals surface area contributed by atoms with Gasteiger partial charge in [-0.3, -0.25) is 0 Å². The number of carbonyl (C=O) groups is 2. The summed E-state index contributed by atoms with van der Waals surface area (Å²) in [6, 6.07) is 35.1. The Morgan fingerprint density at radius 1 is 0.690 bits per heavy atom. The molecule has 0 aliphatic carbocycles. The summed E-state index contributed by atoms with van der Waals surface area (Å²) in [6.07, 6.45) is 1.000. The number of benzene rings is 4. The van der Waals surface area contributed by atoms with E-state index in [1.54, 1.807) is 53.4 Å². The number of hydrogen-bond donors (Lipinski definition) is 1. The van der Waals surface area contributed by atoms with E-state index in [0.717, 1.165) is 11.1 Å². The molecule has 216 valence electrons. The van der Waals surface area contributed by atoms with Crippen molar-refractivity contribution in [3.8, 4) is 5.75 Å². The highest BCUT2D eigenvalue weighted by molar-refractivity contribution is 5.85. The van der Waals surface area contributed by atoms with Gasteiger partial charge in [0.2, 0.25) is 5.60 Å². The van der Waals surface area contributed by atoms with Gasteiger partial charge in [0.05, 0.1) is 6.61 Å². The van der Waals surface area contributed by atoms with Crippen LogP contribution in [-0.4, -0.2) is 41.8 Å². The molecule has 0 saturated carbocycles. The lowest BCUT2D eigenvalue weighted by Gasteiger charge is -2.32. The van der Waals surface area contributed by atoms with E-state index in [4.69, 9.17) is 14.2 Å². The first-order valence-electron chi connectivity index (χ1n) is 14.2. The Hall–Kier alpha value is -4.62. The van der Waals surface area contributed by atoms with Crippen LogP contribution in [0.2, 0.25) is 0 Å². The summed E-state index contributed by atoms with van der Waals surface area (Å²) in [5.41, 5.74) is 0.806. The zero-order valence-corrected chi connectivity index (χ0v) is 23.4. The lowest BCUT2D eigenvalue weighted by molar-refractivity contribution is -0.164. The van der Waals surface area contributed by atoms with E-state index < -0.39 is 11.6 Å². The van der Waals surface area contributed by atoms with Crippen molar-refractivity contribution < 1.29 is 28.9 Å². The van der Waals surface area contributed by atoms with Crippen molar-refractivity contribution in [3.05, 3.63) is 138 Å². The van der Waals surface area contributed by atoms with E-state index in [-0.39, 0.29) is 25.2 Å². The number of nitrogens with zero attached hydrogens (tertiary/aromatic N) is 1. The topological polar surface area (TPSA) is 85.3 Å². The second-order valence-corrected chi connectivity index (χ2v) is 10.4. The van der Waals surface area contributed by atoms with Crippen molar-refractivity contribution in [2.24, 2.45) is 5.92 Å². The second-order valence-electron chi connectivity index (χ2n) is 10.4. The van der Waals surface area contributed by atoms with Crippen molar-refractivity contribution in [2.45, 2.75) is 31.7 Å². The fraction of sp³-hybridized carbons (Fsp3) is 0.257. The minimum atomic E-state index is -1.98. The summed E-state index contributed by atoms with van der Waals surface area (Å²) in [6.45, 7) is 1.83. The van der Waals surface area contributed by atoms with Crippen molar-refractivity contribution in [3.63, 3.8) is 0 Å². The maximum absolute atomic E-state index is 13.5. The minimum absolute atomic E-state index is 0.0703. The molecule has 4 aromatic carbocycles. The average molecular weight is 566 g/mol. The Morgan fingerprint density at radius 3 is 1.81 bits per heavy atom. The van der Waals surface area contributed by atoms with Gasteiger partial charge in [-0.05, 0) is 53.1 Å². The Bertz CT molecular complexity index is 1420. The molecule has 1 aliphatic heterocycles. The summed E-state index contributed by atoms with van der Waals surface area (Å²) in [4.78, 5) is 27.7. The monoisotopic (exact) mass is 565 g/mol. The number of hydrogen-bond acceptors (Lipinski definition) is 6. The van der Waals surface area contributed by atoms with Gasteiger partial charge < -0.3 is 24.2 Å². The molecule has 1 fully saturated rings. The predicted molar refractivity (Wildman–Crippen MR) is 159 cm³/mol. The molecule has 42 heavy (non-hydrogen) atoms. The van der Waals surface area contributed by atoms with Crippen molar-refractivity contribution >= 4 is 12.1 Å². The molecule has 1 amide bonds. The zero-order chi connectivity index (χ0) is 29.2. The third-order valence-electron chi connectivity index (χ3n) is 7.54. The molecule has 7 heteroatoms. The van der Waals surface area contributed by atoms with Gasteiger partial charge in [-0.2, -0.15) is 0 Å². The maximum Gasteiger partial charge on any atom is 0.410 e. The summed E-state index contributed by atoms with van der Waals surface area (Å²) in [7, 11) is 0. The Balaban J connectivity index is 1.17. The standard InChI is InChI=1S/C35H35NO6/c37-33(41-25-29-20-22-36(23-21-29)34(38)42-26-28-12-6-2-7-13-28)35(39,30-14-8-3-9-15-30)31-16-18-32(19-17-31)40-24-27-10-4-1-5-11-27/h1-19,29,39H,20-26H2. The fourth-order valence-electron chi connectivity index (χ4n) is 5.01. The van der Waals surface area contributed by atoms with Crippen LogP contribution in [0.25, 0.3) is 0 Å². The number of carbonyl (C=O) groups excluding carboxylic acids is 2. The van der Waals surface area contributed by atoms with Crippen molar-refractivity contribution in [1.29, 1.82) is 0 Å². The van der Waals surface area contributed by atoms with Crippen LogP contribution in [0.5, 0.6) is 5.75 Å². The lowest BCUT2D eigenvalue weighted by Crippen LogP contribution is -2.42. The molecule has 1 saturated heterocycles. The molecule has 1 heterocycles. The highest BCUT2D eigenvalue weighted by atomic mass is 16.6. The molecule has 0 spiro atoms. The fourth-order valence-corrected chi connectivity index (χ4v) is 5.01. The highest BCUT2D eigenvalue weighted by Gasteiger charge is 2.42. The third kappa shape index (κ3) is 7.17. The minimum Gasteiger partial charge on any atom is -0.489 e. The number of amides is 1. The number of aliphatic hydroxyl groups is 1. The summed E-state index contributed by atoms with van der Waals surface area (Å²) in [5, 5.41) is 11.8. The molecule has 1 atom stereocenters. The normalized spacial score (nSPS) is 14.9. The first-order chi connectivity index (χ1) is 20.5. The molecule has 0 radical (unpaired) electrons. The van der Waals surface area contributed by atoms with Gasteiger partial charge in [-0.15, -0.1) is 0 Å². The zero-order valence-electron chi connectivity index (χ0n) is 23.4. The van der Waals surface area contributed by atoms with Gasteiger partial charge in [0.15, 0.2) is 0 Å². The quantitative estimate of drug-likeness (QED) is 0.234. The van der Waals surface area contributed by atoms with Gasteiger partial charge in [-0.1, -0.05) is 103 Å². The van der Waals surface area contributed by atoms with Crippen LogP contribution in [0.4, 0.5) is 4.79 Å². The van der Waals surface area contributed by atoms with Crippen molar-refractivity contribution in [1.82, 2.24) is 4.90 Å². The van der Waals surface area contributed by atoms with Crippen LogP contribution in [0.1, 0.15) is 35.1 Å². The first kappa shape index (κ1) is 28.9. The van der Waals surface area contributed by atoms with Crippen LogP contribution >= 0.6 is 0 Å². The second kappa shape index (κ2) is 13.8. The van der Waals surface area contributed by atoms with Crippen molar-refractivity contribution in [2.75, 3.05) is 19.7 Å². The number of rotatable bonds is 10. The van der Waals surface area contributed by atoms with Gasteiger partial charge in [0.25, 0.3) is 0 Å². The third-order valence-corrected chi connectivity index (χ3v) is 7.54. The maximum atomic E-state index is 13.5. The van der Waals surface area contributed by atoms with E-state index >= 15 is 0 Å². The molecular formula is C35H35NO6. The number of esters is 1. The van der Waals surface area contributed by atoms with Gasteiger partial charge in [0, 0.05) is 13.1 Å². The Kier molecular flexibility index (Phi) is 9.51. The lowest BCUT2D eigenvalue weighted by atomic mass is 9.86. The first-order valence-corrected chi connectivity index (χ1v) is 14.2. The highest BCUT2D eigenvalue weighted by Crippen LogP contribution is 2.33. The van der Waals surface area contributed by atoms with E-state index in [0.29, 0.717) is 49.4 Å². The molecule has 7 nitrogen and oxygen atoms in total. The smallest absolute Gasteiger partial charge is 0.410 e. The number of ether oxygens (including phenoxy) is 3. The number of likely N-dealkylation sites (tertiary alicyclic amines) is 1. The molecule has 0 aromatic heterocycles. The van der Waals surface area contributed by atoms with Gasteiger partial charge in [-0.25, -0.2) is 9.59 Å². The summed E-state index contributed by atoms with van der Waals surface area (Å²) >= 11 is 0. The molecular weight excluding hydrogens is 530 g/mol. The Morgan fingerprint density at radius 2 is 1.21 bits per heavy atom. The molecule has 1 aliphatic rings. The van der Waals surface area contributed by atoms with Crippen LogP contribution in [0, 0.1) is 5.92 Å². The van der Waals surface area contributed by atoms with Crippen LogP contribution in [0.15, 0.2) is 115 Å². The van der Waals surface area contributed by atoms with Gasteiger partial charge >= 0.3 is 12.1 Å². The molecule has 1 N–H and O–H groups in total. The molecule has 1 unspecified atom stereocenters. The average Bonchev–Trinajstić information content (AvgIpc) is 3.06. The largest absolute Gasteiger partial charge is 0.489 e. The van der Waals surface area contributed by atoms with E-state index in [2.05, 4.69) is 0 Å². The predicted octanol–water partition coefficient (Wildman–Crippen LogP) is 6.09. The van der Waals surface area contributed by atoms with Crippen LogP contribution < -0.4 is 4.74 Å². The Labute approximate surface area is 246 Å². The summed E-state index contributed by atoms with van der Waals surface area (Å²) in [5.74, 6) is -0.0438. The van der Waals surface area contributed by atoms with Crippen LogP contribution in [0.3, 0.4) is 0 Å². The van der Waals surface area contributed by atoms with Crippen LogP contribution in [-0.2, 0) is 33.1 Å². The summed E-state index contributed by atoms with van der Waals surface area (Å²) < 4.78 is 17.1. The SMILES string of the molecule is O=C(OCc1ccccc1)N1CCC(COC(=O)C(O)(c2ccccc2)c2ccc(OCc3ccccc3)cc2)CC1. The molecule has 4 aromatic rings. The molecule has 5 rings (SSSR count).